The summed E-state index contributed by atoms with van der Waals surface area (Å²) in [6.45, 7) is 5.32. The van der Waals surface area contributed by atoms with Gasteiger partial charge >= 0.3 is 8.60 Å². The van der Waals surface area contributed by atoms with Crippen LogP contribution in [0.15, 0.2) is 60.7 Å². The van der Waals surface area contributed by atoms with Crippen molar-refractivity contribution in [2.24, 2.45) is 5.92 Å². The molecule has 0 atom stereocenters. The van der Waals surface area contributed by atoms with Crippen LogP contribution in [0.3, 0.4) is 0 Å². The number of para-hydroxylation sites is 2. The van der Waals surface area contributed by atoms with Gasteiger partial charge in [-0.15, -0.1) is 0 Å². The summed E-state index contributed by atoms with van der Waals surface area (Å²) in [5.41, 5.74) is 0. The van der Waals surface area contributed by atoms with Gasteiger partial charge in [0.2, 0.25) is 0 Å². The Morgan fingerprint density at radius 3 is 1.36 bits per heavy atom. The van der Waals surface area contributed by atoms with Crippen LogP contribution in [0.4, 0.5) is 0 Å². The van der Waals surface area contributed by atoms with Gasteiger partial charge < -0.3 is 9.05 Å². The normalized spacial score (nSPS) is 11.3. The largest absolute Gasteiger partial charge is 0.463 e. The van der Waals surface area contributed by atoms with E-state index in [1.165, 1.54) is 77.0 Å². The van der Waals surface area contributed by atoms with E-state index in [4.69, 9.17) is 13.6 Å². The van der Waals surface area contributed by atoms with Gasteiger partial charge in [0.15, 0.2) is 0 Å². The van der Waals surface area contributed by atoms with E-state index in [-0.39, 0.29) is 0 Å². The fourth-order valence-electron chi connectivity index (χ4n) is 3.77. The molecule has 0 spiro atoms. The van der Waals surface area contributed by atoms with Crippen molar-refractivity contribution in [2.45, 2.75) is 97.3 Å². The van der Waals surface area contributed by atoms with E-state index in [0.29, 0.717) is 6.61 Å². The Balaban J connectivity index is 1.48. The van der Waals surface area contributed by atoms with Crippen molar-refractivity contribution in [2.75, 3.05) is 6.61 Å². The number of rotatable bonds is 20. The predicted octanol–water partition coefficient (Wildman–Crippen LogP) is 10.1. The zero-order valence-corrected chi connectivity index (χ0v) is 21.8. The summed E-state index contributed by atoms with van der Waals surface area (Å²) < 4.78 is 17.9. The van der Waals surface area contributed by atoms with Crippen LogP contribution in [0.5, 0.6) is 11.5 Å². The first-order valence-corrected chi connectivity index (χ1v) is 14.2. The van der Waals surface area contributed by atoms with Crippen molar-refractivity contribution in [1.82, 2.24) is 0 Å². The molecule has 0 aliphatic rings. The van der Waals surface area contributed by atoms with Gasteiger partial charge in [0, 0.05) is 0 Å². The van der Waals surface area contributed by atoms with Crippen LogP contribution in [0.25, 0.3) is 0 Å². The molecule has 0 bridgehead atoms. The van der Waals surface area contributed by atoms with Crippen LogP contribution in [0.1, 0.15) is 97.3 Å². The zero-order chi connectivity index (χ0) is 23.4. The van der Waals surface area contributed by atoms with Crippen LogP contribution in [-0.4, -0.2) is 6.61 Å². The molecule has 0 aromatic heterocycles. The summed E-state index contributed by atoms with van der Waals surface area (Å²) in [7, 11) is -1.46. The van der Waals surface area contributed by atoms with Crippen molar-refractivity contribution in [1.29, 1.82) is 0 Å². The molecule has 33 heavy (non-hydrogen) atoms. The first kappa shape index (κ1) is 27.7. The highest BCUT2D eigenvalue weighted by Gasteiger charge is 2.16. The topological polar surface area (TPSA) is 27.7 Å². The third-order valence-electron chi connectivity index (χ3n) is 5.72. The van der Waals surface area contributed by atoms with E-state index in [1.807, 2.05) is 60.7 Å². The predicted molar refractivity (Wildman–Crippen MR) is 142 cm³/mol. The van der Waals surface area contributed by atoms with E-state index in [0.717, 1.165) is 23.8 Å². The molecule has 0 aliphatic carbocycles. The van der Waals surface area contributed by atoms with Gasteiger partial charge in [-0.1, -0.05) is 127 Å². The number of benzene rings is 2. The molecule has 2 rings (SSSR count). The van der Waals surface area contributed by atoms with Gasteiger partial charge in [0.1, 0.15) is 11.5 Å². The first-order valence-electron chi connectivity index (χ1n) is 13.1. The average molecular weight is 473 g/mol. The van der Waals surface area contributed by atoms with Gasteiger partial charge in [0.25, 0.3) is 0 Å². The maximum Gasteiger partial charge on any atom is 0.463 e. The minimum Gasteiger partial charge on any atom is -0.418 e. The van der Waals surface area contributed by atoms with Crippen molar-refractivity contribution in [3.05, 3.63) is 60.7 Å². The Labute approximate surface area is 204 Å². The van der Waals surface area contributed by atoms with Crippen molar-refractivity contribution < 1.29 is 13.6 Å². The molecular weight excluding hydrogens is 427 g/mol. The second-order valence-electron chi connectivity index (χ2n) is 9.29. The summed E-state index contributed by atoms with van der Waals surface area (Å²) in [5.74, 6) is 2.41. The van der Waals surface area contributed by atoms with Crippen LogP contribution >= 0.6 is 8.60 Å². The van der Waals surface area contributed by atoms with E-state index < -0.39 is 8.60 Å². The highest BCUT2D eigenvalue weighted by molar-refractivity contribution is 7.42. The quantitative estimate of drug-likeness (QED) is 0.142. The van der Waals surface area contributed by atoms with Gasteiger partial charge in [0.05, 0.1) is 6.61 Å². The standard InChI is InChI=1S/C29H45O3P/c1-27(2)21-15-11-9-7-5-3-4-6-8-10-12-20-26-30-33(31-28-22-16-13-17-23-28)32-29-24-18-14-19-25-29/h13-14,16-19,22-25,27H,3-12,15,20-21,26H2,1-2H3. The van der Waals surface area contributed by atoms with E-state index in [9.17, 15) is 0 Å². The Bertz CT molecular complexity index is 636. The molecule has 0 unspecified atom stereocenters. The molecular formula is C29H45O3P. The molecule has 0 radical (unpaired) electrons. The van der Waals surface area contributed by atoms with E-state index in [2.05, 4.69) is 13.8 Å². The Kier molecular flexibility index (Phi) is 15.8. The second kappa shape index (κ2) is 18.8. The number of hydrogen-bond acceptors (Lipinski definition) is 3. The highest BCUT2D eigenvalue weighted by atomic mass is 31.2. The Morgan fingerprint density at radius 1 is 0.545 bits per heavy atom. The zero-order valence-electron chi connectivity index (χ0n) is 20.9. The van der Waals surface area contributed by atoms with Crippen LogP contribution in [0.2, 0.25) is 0 Å². The molecule has 4 heteroatoms. The summed E-state index contributed by atoms with van der Waals surface area (Å²) in [6.07, 6.45) is 17.6. The van der Waals surface area contributed by atoms with Crippen molar-refractivity contribution >= 4 is 8.60 Å². The SMILES string of the molecule is CC(C)CCCCCCCCCCCCCCOP(Oc1ccccc1)Oc1ccccc1. The molecule has 2 aromatic rings. The van der Waals surface area contributed by atoms with Gasteiger partial charge in [-0.3, -0.25) is 4.52 Å². The van der Waals surface area contributed by atoms with Gasteiger partial charge in [-0.05, 0) is 36.6 Å². The fourth-order valence-corrected chi connectivity index (χ4v) is 4.78. The minimum atomic E-state index is -1.46. The fraction of sp³-hybridized carbons (Fsp3) is 0.586. The molecule has 2 aromatic carbocycles. The maximum atomic E-state index is 5.98. The van der Waals surface area contributed by atoms with E-state index >= 15 is 0 Å². The van der Waals surface area contributed by atoms with Crippen LogP contribution in [-0.2, 0) is 4.52 Å². The molecule has 0 fully saturated rings. The number of hydrogen-bond donors (Lipinski definition) is 0. The van der Waals surface area contributed by atoms with Gasteiger partial charge in [-0.25, -0.2) is 0 Å². The van der Waals surface area contributed by atoms with Crippen molar-refractivity contribution in [3.8, 4) is 11.5 Å². The second-order valence-corrected chi connectivity index (χ2v) is 10.4. The van der Waals surface area contributed by atoms with E-state index in [1.54, 1.807) is 0 Å². The number of unbranched alkanes of at least 4 members (excludes halogenated alkanes) is 11. The molecule has 0 amide bonds. The molecule has 0 aliphatic heterocycles. The highest BCUT2D eigenvalue weighted by Crippen LogP contribution is 2.41. The Hall–Kier alpha value is -1.57. The smallest absolute Gasteiger partial charge is 0.418 e. The first-order chi connectivity index (χ1) is 16.2. The summed E-state index contributed by atoms with van der Waals surface area (Å²) in [4.78, 5) is 0. The van der Waals surface area contributed by atoms with Crippen LogP contribution < -0.4 is 9.05 Å². The molecule has 0 heterocycles. The lowest BCUT2D eigenvalue weighted by molar-refractivity contribution is 0.258. The third-order valence-corrected chi connectivity index (χ3v) is 6.83. The lowest BCUT2D eigenvalue weighted by Crippen LogP contribution is -2.01. The molecule has 0 saturated carbocycles. The van der Waals surface area contributed by atoms with Gasteiger partial charge in [-0.2, -0.15) is 0 Å². The average Bonchev–Trinajstić information content (AvgIpc) is 2.82. The molecule has 184 valence electrons. The molecule has 0 N–H and O–H groups in total. The Morgan fingerprint density at radius 2 is 0.939 bits per heavy atom. The minimum absolute atomic E-state index is 0.669. The molecule has 0 saturated heterocycles. The summed E-state index contributed by atoms with van der Waals surface area (Å²) in [6, 6.07) is 19.5. The lowest BCUT2D eigenvalue weighted by atomic mass is 10.0. The monoisotopic (exact) mass is 472 g/mol. The van der Waals surface area contributed by atoms with Crippen molar-refractivity contribution in [3.63, 3.8) is 0 Å². The maximum absolute atomic E-state index is 5.98. The molecule has 3 nitrogen and oxygen atoms in total. The van der Waals surface area contributed by atoms with Crippen LogP contribution in [0, 0.1) is 5.92 Å². The lowest BCUT2D eigenvalue weighted by Gasteiger charge is -2.17. The summed E-state index contributed by atoms with van der Waals surface area (Å²) in [5, 5.41) is 0. The summed E-state index contributed by atoms with van der Waals surface area (Å²) >= 11 is 0. The third kappa shape index (κ3) is 15.0.